The topological polar surface area (TPSA) is 35.5 Å². The molecular weight excluding hydrogens is 212 g/mol. The number of hydrogen-bond acceptors (Lipinski definition) is 3. The molecule has 94 valence electrons. The highest BCUT2D eigenvalue weighted by Gasteiger charge is 2.30. The van der Waals surface area contributed by atoms with Crippen molar-refractivity contribution in [1.82, 2.24) is 5.32 Å². The fraction of sp³-hybridized carbons (Fsp3) is 0.571. The number of aliphatic hydroxyl groups is 1. The largest absolute Gasteiger partial charge is 0.388 e. The molecule has 0 aliphatic carbocycles. The summed E-state index contributed by atoms with van der Waals surface area (Å²) in [5.41, 5.74) is 1.85. The minimum Gasteiger partial charge on any atom is -0.388 e. The minimum absolute atomic E-state index is 0.579. The summed E-state index contributed by atoms with van der Waals surface area (Å²) >= 11 is 0. The van der Waals surface area contributed by atoms with Crippen molar-refractivity contribution in [2.45, 2.75) is 24.9 Å². The quantitative estimate of drug-likeness (QED) is 0.830. The van der Waals surface area contributed by atoms with Gasteiger partial charge in [-0.05, 0) is 31.0 Å². The van der Waals surface area contributed by atoms with Gasteiger partial charge in [0.1, 0.15) is 0 Å². The van der Waals surface area contributed by atoms with Gasteiger partial charge < -0.3 is 15.3 Å². The SMILES string of the molecule is CN(C)c1ccccc1CC1(O)CCCNC1. The first-order chi connectivity index (χ1) is 8.11. The zero-order valence-electron chi connectivity index (χ0n) is 10.7. The molecule has 17 heavy (non-hydrogen) atoms. The van der Waals surface area contributed by atoms with Crippen molar-refractivity contribution in [3.8, 4) is 0 Å². The average Bonchev–Trinajstić information content (AvgIpc) is 2.29. The van der Waals surface area contributed by atoms with Crippen molar-refractivity contribution >= 4 is 5.69 Å². The van der Waals surface area contributed by atoms with Gasteiger partial charge in [0.2, 0.25) is 0 Å². The average molecular weight is 234 g/mol. The number of rotatable bonds is 3. The molecule has 0 saturated carbocycles. The van der Waals surface area contributed by atoms with Gasteiger partial charge >= 0.3 is 0 Å². The molecule has 1 atom stereocenters. The standard InChI is InChI=1S/C14H22N2O/c1-16(2)13-7-4-3-6-12(13)10-14(17)8-5-9-15-11-14/h3-4,6-7,15,17H,5,8-11H2,1-2H3. The molecule has 0 bridgehead atoms. The molecule has 1 saturated heterocycles. The molecule has 0 spiro atoms. The first-order valence-electron chi connectivity index (χ1n) is 6.29. The van der Waals surface area contributed by atoms with Gasteiger partial charge in [-0.2, -0.15) is 0 Å². The van der Waals surface area contributed by atoms with Crippen molar-refractivity contribution in [1.29, 1.82) is 0 Å². The molecule has 0 amide bonds. The maximum absolute atomic E-state index is 10.5. The number of benzene rings is 1. The smallest absolute Gasteiger partial charge is 0.0812 e. The van der Waals surface area contributed by atoms with Gasteiger partial charge in [0.25, 0.3) is 0 Å². The lowest BCUT2D eigenvalue weighted by Gasteiger charge is -2.33. The third-order valence-electron chi connectivity index (χ3n) is 3.44. The van der Waals surface area contributed by atoms with Crippen molar-refractivity contribution in [2.24, 2.45) is 0 Å². The lowest BCUT2D eigenvalue weighted by atomic mass is 9.87. The summed E-state index contributed by atoms with van der Waals surface area (Å²) < 4.78 is 0. The zero-order chi connectivity index (χ0) is 12.3. The molecule has 0 aromatic heterocycles. The normalized spacial score (nSPS) is 24.6. The van der Waals surface area contributed by atoms with E-state index in [4.69, 9.17) is 0 Å². The molecule has 1 unspecified atom stereocenters. The predicted molar refractivity (Wildman–Crippen MR) is 71.5 cm³/mol. The summed E-state index contributed by atoms with van der Waals surface area (Å²) in [6.07, 6.45) is 2.68. The Hall–Kier alpha value is -1.06. The molecular formula is C14H22N2O. The highest BCUT2D eigenvalue weighted by atomic mass is 16.3. The number of hydrogen-bond donors (Lipinski definition) is 2. The van der Waals surface area contributed by atoms with Gasteiger partial charge in [-0.25, -0.2) is 0 Å². The molecule has 2 rings (SSSR count). The minimum atomic E-state index is -0.579. The van der Waals surface area contributed by atoms with E-state index in [2.05, 4.69) is 22.3 Å². The molecule has 1 aromatic rings. The predicted octanol–water partition coefficient (Wildman–Crippen LogP) is 1.41. The van der Waals surface area contributed by atoms with Crippen LogP contribution in [0.15, 0.2) is 24.3 Å². The third-order valence-corrected chi connectivity index (χ3v) is 3.44. The molecule has 2 N–H and O–H groups in total. The molecule has 3 heteroatoms. The van der Waals surface area contributed by atoms with Gasteiger partial charge in [0.15, 0.2) is 0 Å². The van der Waals surface area contributed by atoms with Crippen LogP contribution >= 0.6 is 0 Å². The van der Waals surface area contributed by atoms with E-state index in [9.17, 15) is 5.11 Å². The van der Waals surface area contributed by atoms with Gasteiger partial charge in [-0.3, -0.25) is 0 Å². The molecule has 1 aromatic carbocycles. The van der Waals surface area contributed by atoms with Crippen LogP contribution in [-0.4, -0.2) is 37.9 Å². The van der Waals surface area contributed by atoms with E-state index in [0.29, 0.717) is 6.54 Å². The van der Waals surface area contributed by atoms with Crippen LogP contribution in [0, 0.1) is 0 Å². The second kappa shape index (κ2) is 5.07. The van der Waals surface area contributed by atoms with Crippen LogP contribution in [0.3, 0.4) is 0 Å². The fourth-order valence-corrected chi connectivity index (χ4v) is 2.55. The number of nitrogens with one attached hydrogen (secondary N) is 1. The molecule has 1 aliphatic rings. The Morgan fingerprint density at radius 2 is 2.12 bits per heavy atom. The maximum Gasteiger partial charge on any atom is 0.0812 e. The summed E-state index contributed by atoms with van der Waals surface area (Å²) in [7, 11) is 4.09. The van der Waals surface area contributed by atoms with Crippen LogP contribution in [0.2, 0.25) is 0 Å². The van der Waals surface area contributed by atoms with Crippen molar-refractivity contribution in [3.63, 3.8) is 0 Å². The van der Waals surface area contributed by atoms with E-state index in [1.807, 2.05) is 26.2 Å². The number of anilines is 1. The third kappa shape index (κ3) is 2.99. The van der Waals surface area contributed by atoms with Crippen LogP contribution in [-0.2, 0) is 6.42 Å². The molecule has 1 aliphatic heterocycles. The summed E-state index contributed by atoms with van der Waals surface area (Å²) in [4.78, 5) is 2.11. The van der Waals surface area contributed by atoms with Gasteiger partial charge in [-0.1, -0.05) is 18.2 Å². The Morgan fingerprint density at radius 1 is 1.35 bits per heavy atom. The number of para-hydroxylation sites is 1. The fourth-order valence-electron chi connectivity index (χ4n) is 2.55. The van der Waals surface area contributed by atoms with Gasteiger partial charge in [0, 0.05) is 32.7 Å². The Labute approximate surface area is 103 Å². The Bertz CT molecular complexity index is 370. The second-order valence-electron chi connectivity index (χ2n) is 5.20. The first kappa shape index (κ1) is 12.4. The summed E-state index contributed by atoms with van der Waals surface area (Å²) in [5, 5.41) is 13.8. The van der Waals surface area contributed by atoms with Crippen LogP contribution < -0.4 is 10.2 Å². The number of nitrogens with zero attached hydrogens (tertiary/aromatic N) is 1. The lowest BCUT2D eigenvalue weighted by molar-refractivity contribution is 0.0170. The lowest BCUT2D eigenvalue weighted by Crippen LogP contribution is -2.47. The number of β-amino-alcohol motifs (C(OH)–C–C–N with tert-alkyl or cyclic N) is 1. The van der Waals surface area contributed by atoms with E-state index in [1.54, 1.807) is 0 Å². The molecule has 1 fully saturated rings. The van der Waals surface area contributed by atoms with E-state index < -0.39 is 5.60 Å². The van der Waals surface area contributed by atoms with E-state index >= 15 is 0 Å². The molecule has 1 heterocycles. The summed E-state index contributed by atoms with van der Waals surface area (Å²) in [5.74, 6) is 0. The highest BCUT2D eigenvalue weighted by Crippen LogP contribution is 2.26. The van der Waals surface area contributed by atoms with Crippen LogP contribution in [0.4, 0.5) is 5.69 Å². The zero-order valence-corrected chi connectivity index (χ0v) is 10.7. The van der Waals surface area contributed by atoms with Crippen molar-refractivity contribution < 1.29 is 5.11 Å². The highest BCUT2D eigenvalue weighted by molar-refractivity contribution is 5.53. The van der Waals surface area contributed by atoms with Gasteiger partial charge in [-0.15, -0.1) is 0 Å². The monoisotopic (exact) mass is 234 g/mol. The number of piperidine rings is 1. The maximum atomic E-state index is 10.5. The molecule has 3 nitrogen and oxygen atoms in total. The summed E-state index contributed by atoms with van der Waals surface area (Å²) in [6, 6.07) is 8.31. The molecule has 0 radical (unpaired) electrons. The van der Waals surface area contributed by atoms with Crippen molar-refractivity contribution in [2.75, 3.05) is 32.1 Å². The van der Waals surface area contributed by atoms with Crippen LogP contribution in [0.25, 0.3) is 0 Å². The van der Waals surface area contributed by atoms with E-state index in [1.165, 1.54) is 11.3 Å². The Kier molecular flexibility index (Phi) is 3.69. The van der Waals surface area contributed by atoms with Crippen LogP contribution in [0.5, 0.6) is 0 Å². The summed E-state index contributed by atoms with van der Waals surface area (Å²) in [6.45, 7) is 1.73. The Morgan fingerprint density at radius 3 is 2.76 bits per heavy atom. The van der Waals surface area contributed by atoms with E-state index in [0.717, 1.165) is 25.8 Å². The van der Waals surface area contributed by atoms with E-state index in [-0.39, 0.29) is 0 Å². The second-order valence-corrected chi connectivity index (χ2v) is 5.20. The van der Waals surface area contributed by atoms with Gasteiger partial charge in [0.05, 0.1) is 5.60 Å². The first-order valence-corrected chi connectivity index (χ1v) is 6.29. The van der Waals surface area contributed by atoms with Crippen LogP contribution in [0.1, 0.15) is 18.4 Å². The van der Waals surface area contributed by atoms with Crippen molar-refractivity contribution in [3.05, 3.63) is 29.8 Å². The Balaban J connectivity index is 2.17.